The zero-order valence-electron chi connectivity index (χ0n) is 17.4. The number of thioether (sulfide) groups is 1. The third-order valence-electron chi connectivity index (χ3n) is 4.58. The summed E-state index contributed by atoms with van der Waals surface area (Å²) in [6.07, 6.45) is 0. The number of esters is 1. The molecule has 2 aromatic carbocycles. The van der Waals surface area contributed by atoms with Crippen LogP contribution in [-0.2, 0) is 9.53 Å². The quantitative estimate of drug-likeness (QED) is 0.237. The number of rotatable bonds is 7. The molecule has 0 bridgehead atoms. The number of aromatic nitrogens is 2. The fourth-order valence-corrected chi connectivity index (χ4v) is 4.72. The summed E-state index contributed by atoms with van der Waals surface area (Å²) in [6.45, 7) is 1.92. The summed E-state index contributed by atoms with van der Waals surface area (Å²) in [7, 11) is 0. The number of nitrogens with one attached hydrogen (secondary N) is 1. The maximum atomic E-state index is 14.6. The Hall–Kier alpha value is -3.50. The fraction of sp³-hybridized carbons (Fsp3) is 0.130. The van der Waals surface area contributed by atoms with Crippen molar-refractivity contribution in [3.63, 3.8) is 0 Å². The number of para-hydroxylation sites is 2. The van der Waals surface area contributed by atoms with Crippen LogP contribution >= 0.6 is 23.1 Å². The SMILES string of the molecule is CCOC(=O)c1ccsc1NC(=O)CSc1nc2ccccc2c(=O)n1-c1ccccc1F. The topological polar surface area (TPSA) is 90.3 Å². The third kappa shape index (κ3) is 4.81. The van der Waals surface area contributed by atoms with Crippen molar-refractivity contribution in [2.75, 3.05) is 17.7 Å². The van der Waals surface area contributed by atoms with Gasteiger partial charge in [0.2, 0.25) is 5.91 Å². The molecule has 1 N–H and O–H groups in total. The van der Waals surface area contributed by atoms with Crippen LogP contribution in [0.15, 0.2) is 69.9 Å². The Morgan fingerprint density at radius 3 is 2.70 bits per heavy atom. The van der Waals surface area contributed by atoms with Gasteiger partial charge in [-0.05, 0) is 42.6 Å². The molecule has 0 saturated heterocycles. The first-order valence-electron chi connectivity index (χ1n) is 9.93. The number of amides is 1. The van der Waals surface area contributed by atoms with Crippen LogP contribution in [0.1, 0.15) is 17.3 Å². The molecular formula is C23H18FN3O4S2. The molecule has 33 heavy (non-hydrogen) atoms. The monoisotopic (exact) mass is 483 g/mol. The molecule has 7 nitrogen and oxygen atoms in total. The zero-order valence-corrected chi connectivity index (χ0v) is 19.0. The van der Waals surface area contributed by atoms with E-state index in [2.05, 4.69) is 10.3 Å². The maximum Gasteiger partial charge on any atom is 0.341 e. The number of anilines is 1. The van der Waals surface area contributed by atoms with E-state index in [0.717, 1.165) is 11.8 Å². The number of halogens is 1. The largest absolute Gasteiger partial charge is 0.462 e. The van der Waals surface area contributed by atoms with Gasteiger partial charge in [0, 0.05) is 0 Å². The molecule has 10 heteroatoms. The Balaban J connectivity index is 1.63. The van der Waals surface area contributed by atoms with E-state index >= 15 is 0 Å². The summed E-state index contributed by atoms with van der Waals surface area (Å²) < 4.78 is 20.7. The minimum atomic E-state index is -0.583. The van der Waals surface area contributed by atoms with E-state index in [1.165, 1.54) is 34.1 Å². The summed E-state index contributed by atoms with van der Waals surface area (Å²) in [6, 6.07) is 14.2. The van der Waals surface area contributed by atoms with Gasteiger partial charge in [-0.2, -0.15) is 0 Å². The molecular weight excluding hydrogens is 465 g/mol. The summed E-state index contributed by atoms with van der Waals surface area (Å²) in [5.41, 5.74) is 0.330. The van der Waals surface area contributed by atoms with E-state index in [0.29, 0.717) is 15.9 Å². The molecule has 0 saturated carbocycles. The second-order valence-corrected chi connectivity index (χ2v) is 8.58. The molecule has 2 heterocycles. The second kappa shape index (κ2) is 9.97. The molecule has 2 aromatic heterocycles. The number of carbonyl (C=O) groups is 2. The van der Waals surface area contributed by atoms with Crippen LogP contribution < -0.4 is 10.9 Å². The van der Waals surface area contributed by atoms with Crippen LogP contribution in [0.25, 0.3) is 16.6 Å². The van der Waals surface area contributed by atoms with Gasteiger partial charge in [-0.3, -0.25) is 14.2 Å². The minimum absolute atomic E-state index is 0.0477. The van der Waals surface area contributed by atoms with Gasteiger partial charge in [0.05, 0.1) is 34.5 Å². The van der Waals surface area contributed by atoms with Crippen LogP contribution in [-0.4, -0.2) is 33.8 Å². The fourth-order valence-electron chi connectivity index (χ4n) is 3.12. The summed E-state index contributed by atoms with van der Waals surface area (Å²) in [4.78, 5) is 42.3. The van der Waals surface area contributed by atoms with Crippen LogP contribution in [0.4, 0.5) is 9.39 Å². The van der Waals surface area contributed by atoms with Crippen LogP contribution in [0, 0.1) is 5.82 Å². The minimum Gasteiger partial charge on any atom is -0.462 e. The number of benzene rings is 2. The number of nitrogens with zero attached hydrogens (tertiary/aromatic N) is 2. The predicted molar refractivity (Wildman–Crippen MR) is 127 cm³/mol. The zero-order chi connectivity index (χ0) is 23.4. The highest BCUT2D eigenvalue weighted by molar-refractivity contribution is 7.99. The first-order valence-corrected chi connectivity index (χ1v) is 11.8. The first-order chi connectivity index (χ1) is 16.0. The van der Waals surface area contributed by atoms with Gasteiger partial charge in [0.1, 0.15) is 10.8 Å². The van der Waals surface area contributed by atoms with Gasteiger partial charge in [0.25, 0.3) is 5.56 Å². The van der Waals surface area contributed by atoms with Gasteiger partial charge in [0.15, 0.2) is 5.16 Å². The van der Waals surface area contributed by atoms with Crippen molar-refractivity contribution >= 4 is 50.9 Å². The molecule has 4 aromatic rings. The molecule has 0 aliphatic carbocycles. The lowest BCUT2D eigenvalue weighted by molar-refractivity contribution is -0.113. The lowest BCUT2D eigenvalue weighted by atomic mass is 10.2. The maximum absolute atomic E-state index is 14.6. The summed E-state index contributed by atoms with van der Waals surface area (Å²) in [5.74, 6) is -1.62. The van der Waals surface area contributed by atoms with Crippen molar-refractivity contribution < 1.29 is 18.7 Å². The van der Waals surface area contributed by atoms with Gasteiger partial charge in [-0.25, -0.2) is 14.2 Å². The van der Waals surface area contributed by atoms with Crippen molar-refractivity contribution in [2.45, 2.75) is 12.1 Å². The van der Waals surface area contributed by atoms with Crippen molar-refractivity contribution in [3.8, 4) is 5.69 Å². The summed E-state index contributed by atoms with van der Waals surface area (Å²) >= 11 is 2.19. The number of hydrogen-bond donors (Lipinski definition) is 1. The highest BCUT2D eigenvalue weighted by Crippen LogP contribution is 2.26. The van der Waals surface area contributed by atoms with Crippen molar-refractivity contribution in [1.29, 1.82) is 0 Å². The van der Waals surface area contributed by atoms with Gasteiger partial charge in [-0.15, -0.1) is 11.3 Å². The summed E-state index contributed by atoms with van der Waals surface area (Å²) in [5, 5.41) is 5.26. The van der Waals surface area contributed by atoms with Crippen molar-refractivity contribution in [2.24, 2.45) is 0 Å². The Labute approximate surface area is 196 Å². The van der Waals surface area contributed by atoms with E-state index in [1.54, 1.807) is 48.7 Å². The highest BCUT2D eigenvalue weighted by Gasteiger charge is 2.19. The highest BCUT2D eigenvalue weighted by atomic mass is 32.2. The number of ether oxygens (including phenoxy) is 1. The van der Waals surface area contributed by atoms with E-state index in [9.17, 15) is 18.8 Å². The van der Waals surface area contributed by atoms with Gasteiger partial charge in [-0.1, -0.05) is 36.0 Å². The lowest BCUT2D eigenvalue weighted by Crippen LogP contribution is -2.23. The molecule has 0 fully saturated rings. The average molecular weight is 484 g/mol. The Kier molecular flexibility index (Phi) is 6.85. The van der Waals surface area contributed by atoms with E-state index in [1.807, 2.05) is 0 Å². The average Bonchev–Trinajstić information content (AvgIpc) is 3.27. The molecule has 0 spiro atoms. The van der Waals surface area contributed by atoms with Crippen molar-refractivity contribution in [3.05, 3.63) is 81.7 Å². The normalized spacial score (nSPS) is 10.8. The molecule has 0 unspecified atom stereocenters. The van der Waals surface area contributed by atoms with Crippen molar-refractivity contribution in [1.82, 2.24) is 9.55 Å². The number of fused-ring (bicyclic) bond motifs is 1. The molecule has 0 aliphatic heterocycles. The standard InChI is InChI=1S/C23H18FN3O4S2/c1-2-31-22(30)15-11-12-32-20(15)26-19(28)13-33-23-25-17-9-5-3-7-14(17)21(29)27(23)18-10-6-4-8-16(18)24/h3-12H,2,13H2,1H3,(H,26,28). The molecule has 1 amide bonds. The predicted octanol–water partition coefficient (Wildman–Crippen LogP) is 4.49. The van der Waals surface area contributed by atoms with Crippen LogP contribution in [0.5, 0.6) is 0 Å². The lowest BCUT2D eigenvalue weighted by Gasteiger charge is -2.13. The van der Waals surface area contributed by atoms with E-state index in [-0.39, 0.29) is 28.8 Å². The first kappa shape index (κ1) is 22.7. The molecule has 0 atom stereocenters. The van der Waals surface area contributed by atoms with Crippen LogP contribution in [0.3, 0.4) is 0 Å². The van der Waals surface area contributed by atoms with Gasteiger partial charge < -0.3 is 10.1 Å². The third-order valence-corrected chi connectivity index (χ3v) is 6.35. The van der Waals surface area contributed by atoms with E-state index in [4.69, 9.17) is 4.74 Å². The Bertz CT molecular complexity index is 1400. The molecule has 0 aliphatic rings. The number of hydrogen-bond acceptors (Lipinski definition) is 7. The number of carbonyl (C=O) groups excluding carboxylic acids is 2. The molecule has 168 valence electrons. The van der Waals surface area contributed by atoms with E-state index < -0.39 is 23.3 Å². The number of thiophene rings is 1. The Morgan fingerprint density at radius 1 is 1.15 bits per heavy atom. The van der Waals surface area contributed by atoms with Gasteiger partial charge >= 0.3 is 5.97 Å². The Morgan fingerprint density at radius 2 is 1.91 bits per heavy atom. The second-order valence-electron chi connectivity index (χ2n) is 6.72. The van der Waals surface area contributed by atoms with Crippen LogP contribution in [0.2, 0.25) is 0 Å². The molecule has 0 radical (unpaired) electrons. The smallest absolute Gasteiger partial charge is 0.341 e. The molecule has 4 rings (SSSR count).